The predicted octanol–water partition coefficient (Wildman–Crippen LogP) is 3.82. The first-order valence-corrected chi connectivity index (χ1v) is 9.34. The maximum absolute atomic E-state index is 6.47. The highest BCUT2D eigenvalue weighted by atomic mass is 28.4. The second kappa shape index (κ2) is 4.79. The molecule has 0 saturated carbocycles. The van der Waals surface area contributed by atoms with Crippen molar-refractivity contribution in [1.82, 2.24) is 0 Å². The molecular formula is C13H28O2Si. The van der Waals surface area contributed by atoms with Crippen LogP contribution in [0.15, 0.2) is 0 Å². The minimum atomic E-state index is -1.63. The lowest BCUT2D eigenvalue weighted by Gasteiger charge is -2.40. The Labute approximate surface area is 102 Å². The van der Waals surface area contributed by atoms with E-state index in [1.165, 1.54) is 0 Å². The summed E-state index contributed by atoms with van der Waals surface area (Å²) in [5.74, 6) is 0.582. The predicted molar refractivity (Wildman–Crippen MR) is 71.3 cm³/mol. The normalized spacial score (nSPS) is 23.6. The molecule has 16 heavy (non-hydrogen) atoms. The zero-order valence-electron chi connectivity index (χ0n) is 12.0. The Bertz CT molecular complexity index is 227. The van der Waals surface area contributed by atoms with Gasteiger partial charge in [0, 0.05) is 12.5 Å². The number of epoxide rings is 1. The molecule has 0 aromatic rings. The summed E-state index contributed by atoms with van der Waals surface area (Å²) in [6.45, 7) is 17.0. The molecule has 1 saturated heterocycles. The first-order valence-electron chi connectivity index (χ1n) is 6.43. The van der Waals surface area contributed by atoms with Gasteiger partial charge in [-0.3, -0.25) is 0 Å². The van der Waals surface area contributed by atoms with Crippen molar-refractivity contribution in [3.63, 3.8) is 0 Å². The van der Waals surface area contributed by atoms with Gasteiger partial charge in [0.2, 0.25) is 0 Å². The van der Waals surface area contributed by atoms with Crippen LogP contribution in [0.25, 0.3) is 0 Å². The van der Waals surface area contributed by atoms with E-state index in [2.05, 4.69) is 47.7 Å². The SMILES string of the molecule is CC(C)C(CC1CO1)O[Si](C)(C)C(C)(C)C. The molecule has 0 spiro atoms. The van der Waals surface area contributed by atoms with Gasteiger partial charge in [-0.05, 0) is 24.1 Å². The summed E-state index contributed by atoms with van der Waals surface area (Å²) in [6, 6.07) is 0. The molecule has 2 atom stereocenters. The Morgan fingerprint density at radius 1 is 1.31 bits per heavy atom. The molecule has 2 nitrogen and oxygen atoms in total. The lowest BCUT2D eigenvalue weighted by molar-refractivity contribution is 0.115. The van der Waals surface area contributed by atoms with Crippen molar-refractivity contribution >= 4 is 8.32 Å². The van der Waals surface area contributed by atoms with E-state index in [-0.39, 0.29) is 0 Å². The Morgan fingerprint density at radius 3 is 2.12 bits per heavy atom. The Morgan fingerprint density at radius 2 is 1.81 bits per heavy atom. The number of hydrogen-bond donors (Lipinski definition) is 0. The lowest BCUT2D eigenvalue weighted by atomic mass is 10.0. The molecular weight excluding hydrogens is 216 g/mol. The van der Waals surface area contributed by atoms with Crippen molar-refractivity contribution in [3.8, 4) is 0 Å². The average Bonchev–Trinajstić information content (AvgIpc) is 2.84. The molecule has 0 aromatic heterocycles. The standard InChI is InChI=1S/C13H28O2Si/c1-10(2)12(8-11-9-14-11)15-16(6,7)13(3,4)5/h10-12H,8-9H2,1-7H3. The van der Waals surface area contributed by atoms with Gasteiger partial charge >= 0.3 is 0 Å². The zero-order chi connectivity index (χ0) is 12.6. The van der Waals surface area contributed by atoms with Crippen molar-refractivity contribution in [3.05, 3.63) is 0 Å². The molecule has 0 N–H and O–H groups in total. The van der Waals surface area contributed by atoms with E-state index in [0.717, 1.165) is 13.0 Å². The van der Waals surface area contributed by atoms with E-state index in [1.54, 1.807) is 0 Å². The molecule has 1 aliphatic heterocycles. The van der Waals surface area contributed by atoms with Gasteiger partial charge in [0.1, 0.15) is 0 Å². The molecule has 0 amide bonds. The van der Waals surface area contributed by atoms with Crippen LogP contribution in [-0.4, -0.2) is 27.1 Å². The maximum atomic E-state index is 6.47. The summed E-state index contributed by atoms with van der Waals surface area (Å²) in [4.78, 5) is 0. The topological polar surface area (TPSA) is 21.8 Å². The second-order valence-corrected chi connectivity index (χ2v) is 11.6. The van der Waals surface area contributed by atoms with Crippen molar-refractivity contribution in [2.45, 2.75) is 71.4 Å². The third kappa shape index (κ3) is 3.86. The molecule has 96 valence electrons. The first-order chi connectivity index (χ1) is 7.13. The van der Waals surface area contributed by atoms with Gasteiger partial charge in [0.05, 0.1) is 12.7 Å². The van der Waals surface area contributed by atoms with E-state index in [0.29, 0.717) is 23.2 Å². The molecule has 3 heteroatoms. The van der Waals surface area contributed by atoms with Crippen LogP contribution >= 0.6 is 0 Å². The van der Waals surface area contributed by atoms with Crippen LogP contribution in [0.1, 0.15) is 41.0 Å². The van der Waals surface area contributed by atoms with E-state index >= 15 is 0 Å². The molecule has 0 aromatic carbocycles. The highest BCUT2D eigenvalue weighted by Gasteiger charge is 2.41. The largest absolute Gasteiger partial charge is 0.414 e. The van der Waals surface area contributed by atoms with Gasteiger partial charge < -0.3 is 9.16 Å². The van der Waals surface area contributed by atoms with Crippen LogP contribution in [0.4, 0.5) is 0 Å². The maximum Gasteiger partial charge on any atom is 0.192 e. The fourth-order valence-corrected chi connectivity index (χ4v) is 2.95. The van der Waals surface area contributed by atoms with Crippen molar-refractivity contribution < 1.29 is 9.16 Å². The van der Waals surface area contributed by atoms with Crippen LogP contribution in [-0.2, 0) is 9.16 Å². The van der Waals surface area contributed by atoms with Crippen LogP contribution in [0.3, 0.4) is 0 Å². The van der Waals surface area contributed by atoms with Crippen LogP contribution in [0.5, 0.6) is 0 Å². The van der Waals surface area contributed by atoms with Gasteiger partial charge in [0.15, 0.2) is 8.32 Å². The van der Waals surface area contributed by atoms with Gasteiger partial charge in [-0.2, -0.15) is 0 Å². The van der Waals surface area contributed by atoms with Crippen molar-refractivity contribution in [1.29, 1.82) is 0 Å². The second-order valence-electron chi connectivity index (χ2n) is 6.85. The van der Waals surface area contributed by atoms with Crippen LogP contribution in [0.2, 0.25) is 18.1 Å². The van der Waals surface area contributed by atoms with Gasteiger partial charge in [-0.15, -0.1) is 0 Å². The Balaban J connectivity index is 2.59. The Hall–Kier alpha value is 0.137. The fraction of sp³-hybridized carbons (Fsp3) is 1.00. The first kappa shape index (κ1) is 14.2. The van der Waals surface area contributed by atoms with Gasteiger partial charge in [-0.25, -0.2) is 0 Å². The number of rotatable bonds is 5. The van der Waals surface area contributed by atoms with Gasteiger partial charge in [-0.1, -0.05) is 34.6 Å². The van der Waals surface area contributed by atoms with Crippen LogP contribution in [0, 0.1) is 5.92 Å². The smallest absolute Gasteiger partial charge is 0.192 e. The molecule has 0 radical (unpaired) electrons. The number of ether oxygens (including phenoxy) is 1. The highest BCUT2D eigenvalue weighted by Crippen LogP contribution is 2.39. The molecule has 1 rings (SSSR count). The highest BCUT2D eigenvalue weighted by molar-refractivity contribution is 6.74. The molecule has 1 heterocycles. The molecule has 1 fully saturated rings. The lowest BCUT2D eigenvalue weighted by Crippen LogP contribution is -2.45. The minimum Gasteiger partial charge on any atom is -0.414 e. The quantitative estimate of drug-likeness (QED) is 0.542. The summed E-state index contributed by atoms with van der Waals surface area (Å²) in [6.07, 6.45) is 1.91. The van der Waals surface area contributed by atoms with Gasteiger partial charge in [0.25, 0.3) is 0 Å². The third-order valence-corrected chi connectivity index (χ3v) is 8.40. The molecule has 0 aliphatic carbocycles. The number of hydrogen-bond acceptors (Lipinski definition) is 2. The van der Waals surface area contributed by atoms with E-state index in [9.17, 15) is 0 Å². The van der Waals surface area contributed by atoms with Crippen LogP contribution < -0.4 is 0 Å². The summed E-state index contributed by atoms with van der Waals surface area (Å²) in [5, 5.41) is 0.296. The van der Waals surface area contributed by atoms with E-state index < -0.39 is 8.32 Å². The molecule has 2 unspecified atom stereocenters. The van der Waals surface area contributed by atoms with E-state index in [4.69, 9.17) is 9.16 Å². The minimum absolute atomic E-state index is 0.296. The molecule has 0 bridgehead atoms. The third-order valence-electron chi connectivity index (χ3n) is 3.89. The Kier molecular flexibility index (Phi) is 4.25. The monoisotopic (exact) mass is 244 g/mol. The van der Waals surface area contributed by atoms with Crippen molar-refractivity contribution in [2.24, 2.45) is 5.92 Å². The fourth-order valence-electron chi connectivity index (χ4n) is 1.47. The average molecular weight is 244 g/mol. The summed E-state index contributed by atoms with van der Waals surface area (Å²) < 4.78 is 11.8. The van der Waals surface area contributed by atoms with Crippen molar-refractivity contribution in [2.75, 3.05) is 6.61 Å². The summed E-state index contributed by atoms with van der Waals surface area (Å²) in [5.41, 5.74) is 0. The summed E-state index contributed by atoms with van der Waals surface area (Å²) in [7, 11) is -1.63. The molecule has 1 aliphatic rings. The zero-order valence-corrected chi connectivity index (χ0v) is 13.0. The van der Waals surface area contributed by atoms with E-state index in [1.807, 2.05) is 0 Å². The summed E-state index contributed by atoms with van der Waals surface area (Å²) >= 11 is 0.